The summed E-state index contributed by atoms with van der Waals surface area (Å²) in [6.07, 6.45) is 0.393. The van der Waals surface area contributed by atoms with Crippen molar-refractivity contribution >= 4 is 39.1 Å². The van der Waals surface area contributed by atoms with Gasteiger partial charge in [0.25, 0.3) is 0 Å². The van der Waals surface area contributed by atoms with Gasteiger partial charge in [0.1, 0.15) is 0 Å². The van der Waals surface area contributed by atoms with Gasteiger partial charge in [0.05, 0.1) is 17.3 Å². The summed E-state index contributed by atoms with van der Waals surface area (Å²) < 4.78 is 5.91. The van der Waals surface area contributed by atoms with E-state index >= 15 is 0 Å². The molecule has 0 saturated heterocycles. The van der Waals surface area contributed by atoms with Crippen molar-refractivity contribution in [3.05, 3.63) is 21.6 Å². The summed E-state index contributed by atoms with van der Waals surface area (Å²) in [7, 11) is 3.33. The zero-order valence-electron chi connectivity index (χ0n) is 9.64. The van der Waals surface area contributed by atoms with Crippen LogP contribution >= 0.6 is 27.5 Å². The van der Waals surface area contributed by atoms with Gasteiger partial charge in [-0.05, 0) is 35.1 Å². The molecule has 94 valence electrons. The first-order chi connectivity index (χ1) is 8.08. The predicted octanol–water partition coefficient (Wildman–Crippen LogP) is 2.66. The molecule has 1 amide bonds. The molecule has 1 aromatic carbocycles. The minimum Gasteiger partial charge on any atom is -0.493 e. The van der Waals surface area contributed by atoms with Crippen LogP contribution in [0.5, 0.6) is 5.75 Å². The molecule has 0 spiro atoms. The van der Waals surface area contributed by atoms with Crippen LogP contribution in [0.1, 0.15) is 6.42 Å². The molecule has 0 aliphatic carbocycles. The normalized spacial score (nSPS) is 10.1. The number of rotatable bonds is 5. The Hall–Kier alpha value is -0.780. The number of halogens is 2. The average Bonchev–Trinajstić information content (AvgIpc) is 2.25. The van der Waals surface area contributed by atoms with Crippen molar-refractivity contribution in [3.63, 3.8) is 0 Å². The van der Waals surface area contributed by atoms with Gasteiger partial charge in [-0.15, -0.1) is 0 Å². The van der Waals surface area contributed by atoms with Crippen LogP contribution in [-0.2, 0) is 4.79 Å². The summed E-state index contributed by atoms with van der Waals surface area (Å²) >= 11 is 9.25. The Labute approximate surface area is 114 Å². The topological polar surface area (TPSA) is 50.4 Å². The molecule has 0 atom stereocenters. The van der Waals surface area contributed by atoms with Crippen molar-refractivity contribution in [2.24, 2.45) is 0 Å². The summed E-state index contributed by atoms with van der Waals surface area (Å²) in [4.78, 5) is 11.6. The number of hydrogen-bond donors (Lipinski definition) is 2. The Balaban J connectivity index is 2.85. The second kappa shape index (κ2) is 6.83. The van der Waals surface area contributed by atoms with Crippen LogP contribution < -0.4 is 15.4 Å². The molecule has 2 N–H and O–H groups in total. The fraction of sp³-hybridized carbons (Fsp3) is 0.364. The van der Waals surface area contributed by atoms with Crippen LogP contribution in [0.15, 0.2) is 16.6 Å². The van der Waals surface area contributed by atoms with Crippen molar-refractivity contribution in [3.8, 4) is 5.75 Å². The highest BCUT2D eigenvalue weighted by Gasteiger charge is 2.11. The van der Waals surface area contributed by atoms with E-state index in [1.165, 1.54) is 7.11 Å². The average molecular weight is 322 g/mol. The largest absolute Gasteiger partial charge is 0.493 e. The molecule has 0 bridgehead atoms. The molecule has 1 rings (SSSR count). The van der Waals surface area contributed by atoms with E-state index in [0.717, 1.165) is 0 Å². The first kappa shape index (κ1) is 14.3. The van der Waals surface area contributed by atoms with Crippen LogP contribution in [-0.4, -0.2) is 26.6 Å². The fourth-order valence-corrected chi connectivity index (χ4v) is 2.28. The number of carbonyl (C=O) groups is 1. The second-order valence-electron chi connectivity index (χ2n) is 3.37. The lowest BCUT2D eigenvalue weighted by Gasteiger charge is -2.12. The minimum absolute atomic E-state index is 0.0909. The maximum atomic E-state index is 11.6. The van der Waals surface area contributed by atoms with Crippen molar-refractivity contribution in [2.45, 2.75) is 6.42 Å². The molecular formula is C11H14BrClN2O2. The van der Waals surface area contributed by atoms with Crippen molar-refractivity contribution in [1.82, 2.24) is 5.32 Å². The highest BCUT2D eigenvalue weighted by Crippen LogP contribution is 2.36. The SMILES string of the molecule is CNCCC(=O)Nc1cc(Cl)cc(Br)c1OC. The number of amides is 1. The highest BCUT2D eigenvalue weighted by molar-refractivity contribution is 9.10. The van der Waals surface area contributed by atoms with E-state index in [4.69, 9.17) is 16.3 Å². The molecule has 1 aromatic rings. The van der Waals surface area contributed by atoms with E-state index in [1.54, 1.807) is 19.2 Å². The Morgan fingerprint density at radius 1 is 1.53 bits per heavy atom. The third-order valence-corrected chi connectivity index (χ3v) is 2.90. The van der Waals surface area contributed by atoms with Gasteiger partial charge in [-0.25, -0.2) is 0 Å². The van der Waals surface area contributed by atoms with Gasteiger partial charge >= 0.3 is 0 Å². The van der Waals surface area contributed by atoms with Crippen molar-refractivity contribution < 1.29 is 9.53 Å². The molecule has 0 fully saturated rings. The summed E-state index contributed by atoms with van der Waals surface area (Å²) in [6.45, 7) is 0.621. The highest BCUT2D eigenvalue weighted by atomic mass is 79.9. The number of ether oxygens (including phenoxy) is 1. The molecule has 4 nitrogen and oxygen atoms in total. The Kier molecular flexibility index (Phi) is 5.74. The van der Waals surface area contributed by atoms with Gasteiger partial charge in [0.2, 0.25) is 5.91 Å². The number of nitrogens with one attached hydrogen (secondary N) is 2. The van der Waals surface area contributed by atoms with Crippen molar-refractivity contribution in [1.29, 1.82) is 0 Å². The van der Waals surface area contributed by atoms with E-state index in [0.29, 0.717) is 33.9 Å². The number of methoxy groups -OCH3 is 1. The fourth-order valence-electron chi connectivity index (χ4n) is 1.31. The van der Waals surface area contributed by atoms with Gasteiger partial charge < -0.3 is 15.4 Å². The molecule has 0 aliphatic rings. The van der Waals surface area contributed by atoms with Gasteiger partial charge in [0.15, 0.2) is 5.75 Å². The number of anilines is 1. The molecule has 0 aliphatic heterocycles. The van der Waals surface area contributed by atoms with E-state index < -0.39 is 0 Å². The molecule has 0 unspecified atom stereocenters. The standard InChI is InChI=1S/C11H14BrClN2O2/c1-14-4-3-10(16)15-9-6-7(13)5-8(12)11(9)17-2/h5-6,14H,3-4H2,1-2H3,(H,15,16). The molecule has 0 heterocycles. The quantitative estimate of drug-likeness (QED) is 0.876. The van der Waals surface area contributed by atoms with Gasteiger partial charge in [-0.2, -0.15) is 0 Å². The van der Waals surface area contributed by atoms with E-state index in [9.17, 15) is 4.79 Å². The number of carbonyl (C=O) groups excluding carboxylic acids is 1. The molecule has 0 saturated carbocycles. The van der Waals surface area contributed by atoms with Crippen LogP contribution in [0.4, 0.5) is 5.69 Å². The second-order valence-corrected chi connectivity index (χ2v) is 4.66. The van der Waals surface area contributed by atoms with E-state index in [-0.39, 0.29) is 5.91 Å². The lowest BCUT2D eigenvalue weighted by Crippen LogP contribution is -2.19. The molecule has 6 heteroatoms. The monoisotopic (exact) mass is 320 g/mol. The van der Waals surface area contributed by atoms with Crippen LogP contribution in [0, 0.1) is 0 Å². The third-order valence-electron chi connectivity index (χ3n) is 2.09. The van der Waals surface area contributed by atoms with Gasteiger partial charge in [-0.3, -0.25) is 4.79 Å². The van der Waals surface area contributed by atoms with Crippen LogP contribution in [0.25, 0.3) is 0 Å². The van der Waals surface area contributed by atoms with Crippen LogP contribution in [0.3, 0.4) is 0 Å². The summed E-state index contributed by atoms with van der Waals surface area (Å²) in [5.41, 5.74) is 0.563. The summed E-state index contributed by atoms with van der Waals surface area (Å²) in [5, 5.41) is 6.20. The lowest BCUT2D eigenvalue weighted by molar-refractivity contribution is -0.116. The van der Waals surface area contributed by atoms with Crippen molar-refractivity contribution in [2.75, 3.05) is 26.0 Å². The summed E-state index contributed by atoms with van der Waals surface area (Å²) in [5.74, 6) is 0.471. The maximum absolute atomic E-state index is 11.6. The molecule has 17 heavy (non-hydrogen) atoms. The Morgan fingerprint density at radius 3 is 2.82 bits per heavy atom. The zero-order valence-corrected chi connectivity index (χ0v) is 12.0. The van der Waals surface area contributed by atoms with E-state index in [2.05, 4.69) is 26.6 Å². The molecule has 0 aromatic heterocycles. The number of benzene rings is 1. The minimum atomic E-state index is -0.0909. The van der Waals surface area contributed by atoms with Gasteiger partial charge in [0, 0.05) is 18.0 Å². The summed E-state index contributed by atoms with van der Waals surface area (Å²) in [6, 6.07) is 3.37. The maximum Gasteiger partial charge on any atom is 0.225 e. The smallest absolute Gasteiger partial charge is 0.225 e. The Morgan fingerprint density at radius 2 is 2.24 bits per heavy atom. The number of hydrogen-bond acceptors (Lipinski definition) is 3. The first-order valence-corrected chi connectivity index (χ1v) is 6.23. The molecular weight excluding hydrogens is 307 g/mol. The third kappa shape index (κ3) is 4.18. The van der Waals surface area contributed by atoms with E-state index in [1.807, 2.05) is 0 Å². The van der Waals surface area contributed by atoms with Crippen LogP contribution in [0.2, 0.25) is 5.02 Å². The molecule has 0 radical (unpaired) electrons. The predicted molar refractivity (Wildman–Crippen MR) is 72.9 cm³/mol. The lowest BCUT2D eigenvalue weighted by atomic mass is 10.2. The zero-order chi connectivity index (χ0) is 12.8. The Bertz CT molecular complexity index is 413. The first-order valence-electron chi connectivity index (χ1n) is 5.06. The van der Waals surface area contributed by atoms with Gasteiger partial charge in [-0.1, -0.05) is 11.6 Å².